The molecular weight excluding hydrogens is 1460 g/mol. The van der Waals surface area contributed by atoms with Gasteiger partial charge in [-0.1, -0.05) is 86.6 Å². The predicted octanol–water partition coefficient (Wildman–Crippen LogP) is 11.1. The lowest BCUT2D eigenvalue weighted by Gasteiger charge is -2.31. The Bertz CT molecular complexity index is 3260. The predicted molar refractivity (Wildman–Crippen MR) is 437 cm³/mol. The molecule has 6 atom stereocenters. The molecule has 2 bridgehead atoms. The van der Waals surface area contributed by atoms with Crippen LogP contribution >= 0.6 is 0 Å². The summed E-state index contributed by atoms with van der Waals surface area (Å²) in [5.41, 5.74) is -1.38. The molecule has 0 saturated carbocycles. The van der Waals surface area contributed by atoms with E-state index in [1.807, 2.05) is 226 Å². The molecule has 28 nitrogen and oxygen atoms in total. The Morgan fingerprint density at radius 3 is 1.04 bits per heavy atom. The van der Waals surface area contributed by atoms with Crippen LogP contribution in [0.2, 0.25) is 0 Å². The minimum Gasteiger partial charge on any atom is -0.459 e. The first-order valence-electron chi connectivity index (χ1n) is 38.4. The zero-order valence-electron chi connectivity index (χ0n) is 74.7. The smallest absolute Gasteiger partial charge is 0.329 e. The molecular formula is C83H146N8O20S. The van der Waals surface area contributed by atoms with Crippen molar-refractivity contribution in [2.45, 2.75) is 348 Å². The number of hydrogen-bond acceptors (Lipinski definition) is 21. The molecule has 6 saturated heterocycles. The molecule has 0 aromatic carbocycles. The van der Waals surface area contributed by atoms with Crippen molar-refractivity contribution in [3.63, 3.8) is 0 Å². The van der Waals surface area contributed by atoms with Gasteiger partial charge in [0.05, 0.1) is 6.54 Å². The average Bonchev–Trinajstić information content (AvgIpc) is 1.62. The van der Waals surface area contributed by atoms with Gasteiger partial charge in [0.25, 0.3) is 23.6 Å². The second-order valence-corrected chi connectivity index (χ2v) is 39.6. The minimum absolute atomic E-state index is 0.0347. The Hall–Kier alpha value is -7.66. The lowest BCUT2D eigenvalue weighted by Crippen LogP contribution is -2.48. The van der Waals surface area contributed by atoms with E-state index in [1.165, 1.54) is 21.9 Å². The van der Waals surface area contributed by atoms with E-state index in [4.69, 9.17) is 23.7 Å². The number of carbonyl (C=O) groups excluding carboxylic acids is 13. The van der Waals surface area contributed by atoms with Crippen LogP contribution in [0.25, 0.3) is 0 Å². The number of likely N-dealkylation sites (N-methyl/N-ethyl adjacent to an activating group) is 2. The number of amides is 6. The van der Waals surface area contributed by atoms with Gasteiger partial charge in [0, 0.05) is 120 Å². The Morgan fingerprint density at radius 2 is 0.830 bits per heavy atom. The number of allylic oxidation sites excluding steroid dienone is 4. The van der Waals surface area contributed by atoms with Crippen LogP contribution in [-0.4, -0.2) is 215 Å². The molecule has 6 amide bonds. The van der Waals surface area contributed by atoms with E-state index < -0.39 is 39.9 Å². The third-order valence-electron chi connectivity index (χ3n) is 15.7. The topological polar surface area (TPSA) is 363 Å². The van der Waals surface area contributed by atoms with Gasteiger partial charge in [0.2, 0.25) is 21.8 Å². The zero-order valence-corrected chi connectivity index (χ0v) is 75.5. The molecule has 4 N–H and O–H groups in total. The highest BCUT2D eigenvalue weighted by molar-refractivity contribution is 7.92. The van der Waals surface area contributed by atoms with Crippen LogP contribution in [0.3, 0.4) is 0 Å². The van der Waals surface area contributed by atoms with E-state index in [9.17, 15) is 70.7 Å². The third kappa shape index (κ3) is 49.1. The van der Waals surface area contributed by atoms with Crippen molar-refractivity contribution in [3.05, 3.63) is 47.9 Å². The number of nitrogens with zero attached hydrogens (tertiary/aromatic N) is 4. The maximum atomic E-state index is 11.9. The largest absolute Gasteiger partial charge is 0.459 e. The van der Waals surface area contributed by atoms with E-state index >= 15 is 0 Å². The summed E-state index contributed by atoms with van der Waals surface area (Å²) < 4.78 is 48.7. The van der Waals surface area contributed by atoms with Gasteiger partial charge in [-0.2, -0.15) is 4.31 Å². The summed E-state index contributed by atoms with van der Waals surface area (Å²) in [6.45, 7) is 61.8. The van der Waals surface area contributed by atoms with Gasteiger partial charge in [0.15, 0.2) is 36.0 Å². The summed E-state index contributed by atoms with van der Waals surface area (Å²) in [6.07, 6.45) is 11.7. The van der Waals surface area contributed by atoms with Crippen LogP contribution in [0.5, 0.6) is 0 Å². The van der Waals surface area contributed by atoms with Crippen molar-refractivity contribution in [2.24, 2.45) is 16.2 Å². The second-order valence-electron chi connectivity index (χ2n) is 37.8. The highest BCUT2D eigenvalue weighted by Gasteiger charge is 2.50. The summed E-state index contributed by atoms with van der Waals surface area (Å²) in [5.74, 6) is -1.73. The number of morpholine rings is 1. The maximum Gasteiger partial charge on any atom is 0.329 e. The molecule has 0 spiro atoms. The number of fused-ring (bicyclic) bond motifs is 2. The summed E-state index contributed by atoms with van der Waals surface area (Å²) >= 11 is 0. The van der Waals surface area contributed by atoms with Gasteiger partial charge in [-0.15, -0.1) is 0 Å². The maximum absolute atomic E-state index is 11.9. The summed E-state index contributed by atoms with van der Waals surface area (Å²) in [4.78, 5) is 151. The number of rotatable bonds is 11. The SMILES string of the molecule is C/C=C/S(=O)(=O)N(C)C(C)(C)C.C=CC(=O)N(C)C(C)(C)C.CC(C)(C)C(=O)N1C[C@H]2C[C@@H]1C(=O)O2.CC(C)(C)NC(=O)[C@@H]1CCC(=O)O1.CC(C)(C)NC(=O)[C@@H]1CCCC(=O)O1.CC(C)(C)NC(=O)[C@H]1CCC(=O)O1.CC(C)(C)NC(=O)[C@H]1CCCC(=O)O1.CC(C)=CC(=O)C(C)(C)C.CN(C)C/C=C/C(=O)C(C)(C)C. The van der Waals surface area contributed by atoms with Crippen molar-refractivity contribution in [1.29, 1.82) is 0 Å². The summed E-state index contributed by atoms with van der Waals surface area (Å²) in [5, 5.41) is 12.3. The Labute approximate surface area is 672 Å². The van der Waals surface area contributed by atoms with Crippen LogP contribution in [-0.2, 0) is 96.0 Å². The molecule has 29 heteroatoms. The number of esters is 5. The van der Waals surface area contributed by atoms with Gasteiger partial charge >= 0.3 is 29.8 Å². The van der Waals surface area contributed by atoms with Crippen molar-refractivity contribution in [3.8, 4) is 0 Å². The molecule has 644 valence electrons. The van der Waals surface area contributed by atoms with Crippen LogP contribution in [0.15, 0.2) is 47.9 Å². The second kappa shape index (κ2) is 46.6. The molecule has 0 aliphatic carbocycles. The number of ketones is 2. The van der Waals surface area contributed by atoms with Gasteiger partial charge < -0.3 is 59.7 Å². The molecule has 0 aromatic heterocycles. The number of sulfonamides is 1. The van der Waals surface area contributed by atoms with Crippen LogP contribution < -0.4 is 21.3 Å². The highest BCUT2D eigenvalue weighted by Crippen LogP contribution is 2.33. The molecule has 6 heterocycles. The first-order valence-corrected chi connectivity index (χ1v) is 39.9. The normalized spacial score (nSPS) is 19.7. The van der Waals surface area contributed by atoms with E-state index in [2.05, 4.69) is 27.8 Å². The van der Waals surface area contributed by atoms with E-state index in [0.717, 1.165) is 25.0 Å². The number of carbonyl (C=O) groups is 13. The van der Waals surface area contributed by atoms with Crippen LogP contribution in [0.4, 0.5) is 0 Å². The molecule has 6 rings (SSSR count). The molecule has 6 fully saturated rings. The van der Waals surface area contributed by atoms with Gasteiger partial charge in [-0.05, 0) is 203 Å². The lowest BCUT2D eigenvalue weighted by molar-refractivity contribution is -0.161. The third-order valence-corrected chi connectivity index (χ3v) is 17.6. The Kier molecular flexibility index (Phi) is 45.2. The quantitative estimate of drug-likeness (QED) is 0.0848. The number of ether oxygens (including phenoxy) is 5. The zero-order chi connectivity index (χ0) is 88.7. The molecule has 6 aliphatic heterocycles. The highest BCUT2D eigenvalue weighted by atomic mass is 32.2. The summed E-state index contributed by atoms with van der Waals surface area (Å²) in [7, 11) is 4.09. The fourth-order valence-corrected chi connectivity index (χ4v) is 10.5. The molecule has 0 radical (unpaired) electrons. The number of hydrogen-bond donors (Lipinski definition) is 4. The van der Waals surface area contributed by atoms with Crippen LogP contribution in [0, 0.1) is 16.2 Å². The van der Waals surface area contributed by atoms with E-state index in [0.29, 0.717) is 64.3 Å². The molecule has 0 aromatic rings. The van der Waals surface area contributed by atoms with Crippen molar-refractivity contribution >= 4 is 86.9 Å². The molecule has 0 unspecified atom stereocenters. The van der Waals surface area contributed by atoms with Crippen molar-refractivity contribution in [1.82, 2.24) is 40.3 Å². The Morgan fingerprint density at radius 1 is 0.491 bits per heavy atom. The fraction of sp³-hybridized carbons (Fsp3) is 0.747. The summed E-state index contributed by atoms with van der Waals surface area (Å²) in [6, 6.07) is -0.313. The van der Waals surface area contributed by atoms with Crippen molar-refractivity contribution in [2.75, 3.05) is 41.3 Å². The molecule has 6 aliphatic rings. The number of cyclic esters (lactones) is 4. The molecule has 112 heavy (non-hydrogen) atoms. The standard InChI is InChI=1S/C10H15NO3.2C10H17NO3.C10H19NO.2C9H15NO3.C9H16O.C8H17NO2S.C8H15NO/c1-10(2,3)9(13)11-5-6-4-7(11)8(12)14-6;2*1-10(2,3)11-9(13)7-5-4-6-8(12)14-7;1-10(2,3)9(12)7-6-8-11(4)5;2*1-9(2,3)10-8(12)6-4-5-7(11)13-6;1-7(2)6-8(10)9(3,4)5;1-6-7-12(10,11)9(5)8(2,3)4;1-6-7(10)9(5)8(2,3)4/h6-7H,4-5H2,1-3H3;2*7H,4-6H2,1-3H3,(H,11,13);6-7H,8H2,1-5H3;2*6H,4-5H2,1-3H3,(H,10,12);6H,1-5H3;6-7H,1-5H3;6H,1H2,2-5H3/b;;;7-6+;;;;7-6+;/t6-,7-;2*7-;;2*6-;;;/m110.10.../s1. The van der Waals surface area contributed by atoms with Gasteiger partial charge in [0.1, 0.15) is 12.1 Å². The van der Waals surface area contributed by atoms with Gasteiger partial charge in [-0.25, -0.2) is 13.2 Å². The van der Waals surface area contributed by atoms with Crippen LogP contribution in [0.1, 0.15) is 278 Å². The van der Waals surface area contributed by atoms with Crippen molar-refractivity contribution < 1.29 is 94.4 Å². The first kappa shape index (κ1) is 108. The number of nitrogens with one attached hydrogen (secondary N) is 4. The average molecular weight is 1610 g/mol. The van der Waals surface area contributed by atoms with E-state index in [1.54, 1.807) is 43.0 Å². The monoisotopic (exact) mass is 1610 g/mol. The lowest BCUT2D eigenvalue weighted by atomic mass is 9.90. The fourth-order valence-electron chi connectivity index (χ4n) is 9.22. The Balaban J connectivity index is -0.00000120. The minimum atomic E-state index is -3.22. The first-order chi connectivity index (χ1) is 50.2. The van der Waals surface area contributed by atoms with Gasteiger partial charge in [-0.3, -0.25) is 57.5 Å². The number of likely N-dealkylation sites (tertiary alicyclic amines) is 1. The van der Waals surface area contributed by atoms with E-state index in [-0.39, 0.29) is 133 Å².